The van der Waals surface area contributed by atoms with Gasteiger partial charge in [0, 0.05) is 32.4 Å². The van der Waals surface area contributed by atoms with E-state index >= 15 is 0 Å². The van der Waals surface area contributed by atoms with E-state index in [1.165, 1.54) is 12.0 Å². The third kappa shape index (κ3) is 4.35. The number of carbonyl (C=O) groups excluding carboxylic acids is 1. The van der Waals surface area contributed by atoms with Crippen LogP contribution in [0, 0.1) is 0 Å². The number of imidazole rings is 1. The van der Waals surface area contributed by atoms with Crippen molar-refractivity contribution in [2.45, 2.75) is 32.4 Å². The molecule has 0 atom stereocenters. The van der Waals surface area contributed by atoms with Crippen molar-refractivity contribution in [3.05, 3.63) is 89.9 Å². The molecule has 6 heteroatoms. The SMILES string of the molecule is O=C(NCc1cccc(Cn2cnc3ccccc32)c1)c1cccnc1N1CCCCC1. The molecule has 0 radical (unpaired) electrons. The third-order valence-corrected chi connectivity index (χ3v) is 6.01. The number of anilines is 1. The lowest BCUT2D eigenvalue weighted by molar-refractivity contribution is 0.0951. The lowest BCUT2D eigenvalue weighted by Crippen LogP contribution is -2.33. The lowest BCUT2D eigenvalue weighted by Gasteiger charge is -2.29. The first-order chi connectivity index (χ1) is 15.8. The summed E-state index contributed by atoms with van der Waals surface area (Å²) in [5.41, 5.74) is 5.01. The number of piperidine rings is 1. The van der Waals surface area contributed by atoms with E-state index in [0.717, 1.165) is 54.9 Å². The Morgan fingerprint density at radius 3 is 2.66 bits per heavy atom. The standard InChI is InChI=1S/C26H27N5O/c32-26(22-10-7-13-27-25(22)30-14-4-1-5-15-30)28-17-20-8-6-9-21(16-20)18-31-19-29-23-11-2-3-12-24(23)31/h2-3,6-13,16,19H,1,4-5,14-15,17-18H2,(H,28,32). The fourth-order valence-electron chi connectivity index (χ4n) is 4.38. The molecule has 2 aromatic heterocycles. The number of para-hydroxylation sites is 2. The van der Waals surface area contributed by atoms with Gasteiger partial charge in [0.2, 0.25) is 0 Å². The average molecular weight is 426 g/mol. The van der Waals surface area contributed by atoms with E-state index in [9.17, 15) is 4.79 Å². The summed E-state index contributed by atoms with van der Waals surface area (Å²) in [6, 6.07) is 20.2. The zero-order valence-corrected chi connectivity index (χ0v) is 18.1. The molecule has 0 saturated carbocycles. The van der Waals surface area contributed by atoms with Crippen LogP contribution in [0.25, 0.3) is 11.0 Å². The van der Waals surface area contributed by atoms with E-state index < -0.39 is 0 Å². The largest absolute Gasteiger partial charge is 0.356 e. The zero-order chi connectivity index (χ0) is 21.8. The Kier molecular flexibility index (Phi) is 5.83. The predicted octanol–water partition coefficient (Wildman–Crippen LogP) is 4.40. The molecule has 5 rings (SSSR count). The van der Waals surface area contributed by atoms with Gasteiger partial charge in [-0.15, -0.1) is 0 Å². The van der Waals surface area contributed by atoms with Gasteiger partial charge in [0.15, 0.2) is 0 Å². The number of fused-ring (bicyclic) bond motifs is 1. The summed E-state index contributed by atoms with van der Waals surface area (Å²) in [5, 5.41) is 3.09. The van der Waals surface area contributed by atoms with Crippen molar-refractivity contribution in [3.8, 4) is 0 Å². The number of amides is 1. The number of pyridine rings is 1. The van der Waals surface area contributed by atoms with Gasteiger partial charge in [0.25, 0.3) is 5.91 Å². The first-order valence-electron chi connectivity index (χ1n) is 11.2. The van der Waals surface area contributed by atoms with Gasteiger partial charge in [0.05, 0.1) is 22.9 Å². The summed E-state index contributed by atoms with van der Waals surface area (Å²) in [4.78, 5) is 24.2. The van der Waals surface area contributed by atoms with Gasteiger partial charge in [-0.3, -0.25) is 4.79 Å². The molecule has 2 aromatic carbocycles. The van der Waals surface area contributed by atoms with Crippen LogP contribution in [0.3, 0.4) is 0 Å². The van der Waals surface area contributed by atoms with Crippen LogP contribution in [-0.2, 0) is 13.1 Å². The topological polar surface area (TPSA) is 63.1 Å². The van der Waals surface area contributed by atoms with Gasteiger partial charge in [-0.05, 0) is 54.7 Å². The van der Waals surface area contributed by atoms with Gasteiger partial charge in [-0.1, -0.05) is 36.4 Å². The second-order valence-corrected chi connectivity index (χ2v) is 8.29. The maximum atomic E-state index is 13.0. The molecule has 1 aliphatic rings. The van der Waals surface area contributed by atoms with E-state index in [4.69, 9.17) is 0 Å². The molecule has 1 aliphatic heterocycles. The van der Waals surface area contributed by atoms with Crippen LogP contribution in [0.1, 0.15) is 40.7 Å². The number of rotatable bonds is 6. The van der Waals surface area contributed by atoms with Crippen LogP contribution in [0.2, 0.25) is 0 Å². The number of hydrogen-bond acceptors (Lipinski definition) is 4. The van der Waals surface area contributed by atoms with Gasteiger partial charge < -0.3 is 14.8 Å². The van der Waals surface area contributed by atoms with Crippen molar-refractivity contribution in [1.82, 2.24) is 19.9 Å². The second-order valence-electron chi connectivity index (χ2n) is 8.29. The van der Waals surface area contributed by atoms with Gasteiger partial charge in [-0.25, -0.2) is 9.97 Å². The molecule has 4 aromatic rings. The molecule has 0 aliphatic carbocycles. The first-order valence-corrected chi connectivity index (χ1v) is 11.2. The summed E-state index contributed by atoms with van der Waals surface area (Å²) in [6.45, 7) is 3.14. The molecule has 0 bridgehead atoms. The van der Waals surface area contributed by atoms with Crippen molar-refractivity contribution in [2.24, 2.45) is 0 Å². The van der Waals surface area contributed by atoms with Crippen molar-refractivity contribution in [3.63, 3.8) is 0 Å². The van der Waals surface area contributed by atoms with Gasteiger partial charge in [0.1, 0.15) is 5.82 Å². The van der Waals surface area contributed by atoms with Crippen LogP contribution in [0.4, 0.5) is 5.82 Å². The predicted molar refractivity (Wildman–Crippen MR) is 127 cm³/mol. The highest BCUT2D eigenvalue weighted by Crippen LogP contribution is 2.22. The summed E-state index contributed by atoms with van der Waals surface area (Å²) >= 11 is 0. The van der Waals surface area contributed by atoms with Crippen LogP contribution in [-0.4, -0.2) is 33.5 Å². The van der Waals surface area contributed by atoms with Crippen LogP contribution >= 0.6 is 0 Å². The normalized spacial score (nSPS) is 13.9. The Balaban J connectivity index is 1.27. The number of nitrogens with zero attached hydrogens (tertiary/aromatic N) is 4. The molecule has 0 unspecified atom stereocenters. The highest BCUT2D eigenvalue weighted by Gasteiger charge is 2.19. The minimum atomic E-state index is -0.0790. The fraction of sp³-hybridized carbons (Fsp3) is 0.269. The molecular formula is C26H27N5O. The number of benzene rings is 2. The Bertz CT molecular complexity index is 1230. The first kappa shape index (κ1) is 20.2. The number of carbonyl (C=O) groups is 1. The minimum Gasteiger partial charge on any atom is -0.356 e. The number of aromatic nitrogens is 3. The fourth-order valence-corrected chi connectivity index (χ4v) is 4.38. The van der Waals surface area contributed by atoms with E-state index in [1.54, 1.807) is 6.20 Å². The smallest absolute Gasteiger partial charge is 0.255 e. The summed E-state index contributed by atoms with van der Waals surface area (Å²) in [6.07, 6.45) is 7.19. The maximum Gasteiger partial charge on any atom is 0.255 e. The molecule has 1 N–H and O–H groups in total. The molecule has 6 nitrogen and oxygen atoms in total. The van der Waals surface area contributed by atoms with Crippen molar-refractivity contribution >= 4 is 22.8 Å². The van der Waals surface area contributed by atoms with Crippen molar-refractivity contribution in [2.75, 3.05) is 18.0 Å². The Labute approximate surface area is 187 Å². The average Bonchev–Trinajstić information content (AvgIpc) is 3.26. The molecule has 1 amide bonds. The van der Waals surface area contributed by atoms with E-state index in [1.807, 2.05) is 48.8 Å². The lowest BCUT2D eigenvalue weighted by atomic mass is 10.1. The molecule has 162 valence electrons. The second kappa shape index (κ2) is 9.22. The van der Waals surface area contributed by atoms with Crippen LogP contribution in [0.15, 0.2) is 73.2 Å². The van der Waals surface area contributed by atoms with Crippen LogP contribution in [0.5, 0.6) is 0 Å². The third-order valence-electron chi connectivity index (χ3n) is 6.01. The van der Waals surface area contributed by atoms with E-state index in [-0.39, 0.29) is 5.91 Å². The molecule has 3 heterocycles. The summed E-state index contributed by atoms with van der Waals surface area (Å²) in [7, 11) is 0. The van der Waals surface area contributed by atoms with E-state index in [2.05, 4.69) is 43.0 Å². The Morgan fingerprint density at radius 1 is 0.906 bits per heavy atom. The highest BCUT2D eigenvalue weighted by atomic mass is 16.1. The highest BCUT2D eigenvalue weighted by molar-refractivity contribution is 5.98. The van der Waals surface area contributed by atoms with Gasteiger partial charge in [-0.2, -0.15) is 0 Å². The van der Waals surface area contributed by atoms with Crippen molar-refractivity contribution in [1.29, 1.82) is 0 Å². The molecular weight excluding hydrogens is 398 g/mol. The Morgan fingerprint density at radius 2 is 1.75 bits per heavy atom. The van der Waals surface area contributed by atoms with E-state index in [0.29, 0.717) is 12.1 Å². The number of nitrogens with one attached hydrogen (secondary N) is 1. The molecule has 32 heavy (non-hydrogen) atoms. The molecule has 1 fully saturated rings. The quantitative estimate of drug-likeness (QED) is 0.497. The van der Waals surface area contributed by atoms with Crippen molar-refractivity contribution < 1.29 is 4.79 Å². The zero-order valence-electron chi connectivity index (χ0n) is 18.1. The molecule has 1 saturated heterocycles. The monoisotopic (exact) mass is 425 g/mol. The van der Waals surface area contributed by atoms with Crippen LogP contribution < -0.4 is 10.2 Å². The summed E-state index contributed by atoms with van der Waals surface area (Å²) in [5.74, 6) is 0.718. The summed E-state index contributed by atoms with van der Waals surface area (Å²) < 4.78 is 2.15. The van der Waals surface area contributed by atoms with Gasteiger partial charge >= 0.3 is 0 Å². The number of hydrogen-bond donors (Lipinski definition) is 1. The molecule has 0 spiro atoms. The maximum absolute atomic E-state index is 13.0. The minimum absolute atomic E-state index is 0.0790. The Hall–Kier alpha value is -3.67.